The zero-order valence-electron chi connectivity index (χ0n) is 19.5. The maximum Gasteiger partial charge on any atom is 0.278 e. The number of sulfonamides is 1. The Labute approximate surface area is 207 Å². The van der Waals surface area contributed by atoms with Gasteiger partial charge in [0.1, 0.15) is 11.5 Å². The molecule has 0 bridgehead atoms. The number of imidazole rings is 1. The van der Waals surface area contributed by atoms with Crippen LogP contribution in [0.15, 0.2) is 88.7 Å². The predicted molar refractivity (Wildman–Crippen MR) is 133 cm³/mol. The lowest BCUT2D eigenvalue weighted by molar-refractivity contribution is 0.431. The molecule has 36 heavy (non-hydrogen) atoms. The summed E-state index contributed by atoms with van der Waals surface area (Å²) in [6.45, 7) is 4.20. The zero-order valence-corrected chi connectivity index (χ0v) is 20.3. The van der Waals surface area contributed by atoms with E-state index in [9.17, 15) is 12.8 Å². The first kappa shape index (κ1) is 23.4. The maximum absolute atomic E-state index is 13.5. The summed E-state index contributed by atoms with van der Waals surface area (Å²) in [6, 6.07) is 18.3. The molecule has 5 aromatic rings. The Bertz CT molecular complexity index is 1640. The van der Waals surface area contributed by atoms with Crippen molar-refractivity contribution in [1.29, 1.82) is 0 Å². The smallest absolute Gasteiger partial charge is 0.278 e. The van der Waals surface area contributed by atoms with Gasteiger partial charge in [-0.25, -0.2) is 17.8 Å². The van der Waals surface area contributed by atoms with Crippen LogP contribution in [0.3, 0.4) is 0 Å². The number of aryl methyl sites for hydroxylation is 2. The predicted octanol–water partition coefficient (Wildman–Crippen LogP) is 5.21. The number of nitrogens with zero attached hydrogens (tertiary/aromatic N) is 4. The minimum atomic E-state index is -3.69. The van der Waals surface area contributed by atoms with E-state index in [4.69, 9.17) is 4.52 Å². The number of benzene rings is 3. The Balaban J connectivity index is 1.26. The van der Waals surface area contributed by atoms with Crippen LogP contribution in [0.4, 0.5) is 10.1 Å². The summed E-state index contributed by atoms with van der Waals surface area (Å²) in [6.07, 6.45) is 3.40. The van der Waals surface area contributed by atoms with Gasteiger partial charge in [-0.15, -0.1) is 0 Å². The summed E-state index contributed by atoms with van der Waals surface area (Å²) in [5.41, 5.74) is 4.12. The second kappa shape index (κ2) is 9.38. The highest BCUT2D eigenvalue weighted by Gasteiger charge is 2.17. The number of hydrogen-bond acceptors (Lipinski definition) is 6. The molecule has 3 aromatic carbocycles. The van der Waals surface area contributed by atoms with Crippen LogP contribution in [-0.2, 0) is 16.6 Å². The molecule has 182 valence electrons. The Hall–Kier alpha value is -4.31. The third-order valence-corrected chi connectivity index (χ3v) is 7.09. The fourth-order valence-electron chi connectivity index (χ4n) is 3.83. The van der Waals surface area contributed by atoms with E-state index in [1.807, 2.05) is 29.7 Å². The minimum absolute atomic E-state index is 0.226. The lowest BCUT2D eigenvalue weighted by atomic mass is 10.2. The number of anilines is 1. The van der Waals surface area contributed by atoms with E-state index in [1.54, 1.807) is 55.8 Å². The van der Waals surface area contributed by atoms with E-state index in [0.717, 1.165) is 11.1 Å². The van der Waals surface area contributed by atoms with E-state index in [-0.39, 0.29) is 22.4 Å². The molecular formula is C26H22FN5O3S. The largest absolute Gasteiger partial charge is 0.332 e. The van der Waals surface area contributed by atoms with Crippen LogP contribution in [0.25, 0.3) is 23.0 Å². The average Bonchev–Trinajstić information content (AvgIpc) is 3.50. The van der Waals surface area contributed by atoms with E-state index >= 15 is 0 Å². The normalized spacial score (nSPS) is 11.5. The van der Waals surface area contributed by atoms with Crippen molar-refractivity contribution in [2.75, 3.05) is 4.72 Å². The van der Waals surface area contributed by atoms with Gasteiger partial charge >= 0.3 is 0 Å². The first-order valence-electron chi connectivity index (χ1n) is 11.1. The minimum Gasteiger partial charge on any atom is -0.332 e. The molecule has 0 radical (unpaired) electrons. The van der Waals surface area contributed by atoms with Crippen LogP contribution in [-0.4, -0.2) is 28.1 Å². The second-order valence-electron chi connectivity index (χ2n) is 8.44. The summed E-state index contributed by atoms with van der Waals surface area (Å²) in [5, 5.41) is 3.91. The fraction of sp³-hybridized carbons (Fsp3) is 0.115. The molecule has 0 unspecified atom stereocenters. The van der Waals surface area contributed by atoms with Gasteiger partial charge in [0, 0.05) is 24.0 Å². The van der Waals surface area contributed by atoms with Gasteiger partial charge in [0.15, 0.2) is 0 Å². The summed E-state index contributed by atoms with van der Waals surface area (Å²) >= 11 is 0. The van der Waals surface area contributed by atoms with Crippen molar-refractivity contribution in [2.45, 2.75) is 25.3 Å². The van der Waals surface area contributed by atoms with Crippen LogP contribution in [0.1, 0.15) is 16.7 Å². The molecule has 0 saturated carbocycles. The Morgan fingerprint density at radius 2 is 1.83 bits per heavy atom. The van der Waals surface area contributed by atoms with Crippen molar-refractivity contribution in [1.82, 2.24) is 19.7 Å². The summed E-state index contributed by atoms with van der Waals surface area (Å²) in [5.74, 6) is 0.120. The lowest BCUT2D eigenvalue weighted by Crippen LogP contribution is -2.14. The van der Waals surface area contributed by atoms with E-state index in [1.165, 1.54) is 12.1 Å². The molecule has 0 amide bonds. The molecule has 0 aliphatic rings. The lowest BCUT2D eigenvalue weighted by Gasteiger charge is -2.11. The molecule has 0 spiro atoms. The van der Waals surface area contributed by atoms with Gasteiger partial charge in [0.25, 0.3) is 15.9 Å². The highest BCUT2D eigenvalue weighted by atomic mass is 32.2. The Morgan fingerprint density at radius 1 is 1.03 bits per heavy atom. The van der Waals surface area contributed by atoms with Crippen molar-refractivity contribution in [2.24, 2.45) is 0 Å². The molecule has 0 atom stereocenters. The third-order valence-electron chi connectivity index (χ3n) is 5.55. The standard InChI is InChI=1S/C26H22FN5O3S/c1-17-6-11-24(18(2)12-17)36(33,34)31-22-9-7-19(8-10-22)14-32-15-23(28-16-32)26-29-25(30-35-26)20-4-3-5-21(27)13-20/h3-13,15-16,31H,14H2,1-2H3. The van der Waals surface area contributed by atoms with Gasteiger partial charge in [-0.2, -0.15) is 4.98 Å². The van der Waals surface area contributed by atoms with Crippen molar-refractivity contribution in [3.05, 3.63) is 102 Å². The number of aromatic nitrogens is 4. The third kappa shape index (κ3) is 5.03. The quantitative estimate of drug-likeness (QED) is 0.327. The highest BCUT2D eigenvalue weighted by Crippen LogP contribution is 2.23. The zero-order chi connectivity index (χ0) is 25.3. The molecule has 0 saturated heterocycles. The molecule has 0 aliphatic heterocycles. The van der Waals surface area contributed by atoms with Crippen LogP contribution in [0, 0.1) is 19.7 Å². The highest BCUT2D eigenvalue weighted by molar-refractivity contribution is 7.92. The second-order valence-corrected chi connectivity index (χ2v) is 10.1. The maximum atomic E-state index is 13.5. The van der Waals surface area contributed by atoms with Crippen molar-refractivity contribution >= 4 is 15.7 Å². The van der Waals surface area contributed by atoms with Crippen LogP contribution >= 0.6 is 0 Å². The van der Waals surface area contributed by atoms with Gasteiger partial charge < -0.3 is 9.09 Å². The first-order valence-corrected chi connectivity index (χ1v) is 12.6. The first-order chi connectivity index (χ1) is 17.3. The van der Waals surface area contributed by atoms with E-state index < -0.39 is 10.0 Å². The Morgan fingerprint density at radius 3 is 2.58 bits per heavy atom. The monoisotopic (exact) mass is 503 g/mol. The molecule has 0 fully saturated rings. The van der Waals surface area contributed by atoms with E-state index in [2.05, 4.69) is 19.8 Å². The van der Waals surface area contributed by atoms with Crippen molar-refractivity contribution in [3.63, 3.8) is 0 Å². The molecule has 5 rings (SSSR count). The van der Waals surface area contributed by atoms with Crippen molar-refractivity contribution < 1.29 is 17.3 Å². The van der Waals surface area contributed by atoms with Crippen LogP contribution in [0.5, 0.6) is 0 Å². The molecule has 2 heterocycles. The number of nitrogens with one attached hydrogen (secondary N) is 1. The number of hydrogen-bond donors (Lipinski definition) is 1. The van der Waals surface area contributed by atoms with Crippen molar-refractivity contribution in [3.8, 4) is 23.0 Å². The van der Waals surface area contributed by atoms with Crippen LogP contribution in [0.2, 0.25) is 0 Å². The SMILES string of the molecule is Cc1ccc(S(=O)(=O)Nc2ccc(Cn3cnc(-c4nc(-c5cccc(F)c5)no4)c3)cc2)c(C)c1. The average molecular weight is 504 g/mol. The molecule has 10 heteroatoms. The molecule has 8 nitrogen and oxygen atoms in total. The number of rotatable bonds is 7. The molecule has 2 aromatic heterocycles. The summed E-state index contributed by atoms with van der Waals surface area (Å²) in [7, 11) is -3.69. The van der Waals surface area contributed by atoms with Gasteiger partial charge in [-0.3, -0.25) is 4.72 Å². The molecule has 1 N–H and O–H groups in total. The number of halogens is 1. The topological polar surface area (TPSA) is 103 Å². The molecule has 0 aliphatic carbocycles. The summed E-state index contributed by atoms with van der Waals surface area (Å²) < 4.78 is 48.8. The summed E-state index contributed by atoms with van der Waals surface area (Å²) in [4.78, 5) is 8.88. The van der Waals surface area contributed by atoms with Gasteiger partial charge in [0.2, 0.25) is 5.82 Å². The molecular weight excluding hydrogens is 481 g/mol. The Kier molecular flexibility index (Phi) is 6.11. The fourth-order valence-corrected chi connectivity index (χ4v) is 5.12. The van der Waals surface area contributed by atoms with Gasteiger partial charge in [0.05, 0.1) is 11.2 Å². The van der Waals surface area contributed by atoms with Gasteiger partial charge in [-0.1, -0.05) is 47.1 Å². The van der Waals surface area contributed by atoms with E-state index in [0.29, 0.717) is 29.1 Å². The van der Waals surface area contributed by atoms with Crippen LogP contribution < -0.4 is 4.72 Å². The van der Waals surface area contributed by atoms with Gasteiger partial charge in [-0.05, 0) is 55.3 Å².